The van der Waals surface area contributed by atoms with Crippen molar-refractivity contribution in [2.24, 2.45) is 5.92 Å². The lowest BCUT2D eigenvalue weighted by Crippen LogP contribution is -2.27. The summed E-state index contributed by atoms with van der Waals surface area (Å²) in [6, 6.07) is 2.57. The van der Waals surface area contributed by atoms with Crippen LogP contribution < -0.4 is 10.2 Å². The lowest BCUT2D eigenvalue weighted by Gasteiger charge is -2.19. The van der Waals surface area contributed by atoms with Crippen molar-refractivity contribution < 1.29 is 13.2 Å². The molecule has 2 rings (SSSR count). The SMILES string of the molecule is CCCNCC1CCN(c2ccc(C(F)(F)F)nc2)C1. The molecule has 0 bridgehead atoms. The van der Waals surface area contributed by atoms with Crippen molar-refractivity contribution >= 4 is 5.69 Å². The molecule has 0 amide bonds. The van der Waals surface area contributed by atoms with Crippen molar-refractivity contribution in [1.29, 1.82) is 0 Å². The van der Waals surface area contributed by atoms with Crippen molar-refractivity contribution in [3.63, 3.8) is 0 Å². The van der Waals surface area contributed by atoms with Crippen LogP contribution in [-0.2, 0) is 6.18 Å². The summed E-state index contributed by atoms with van der Waals surface area (Å²) in [4.78, 5) is 5.62. The van der Waals surface area contributed by atoms with Gasteiger partial charge >= 0.3 is 6.18 Å². The molecule has 1 atom stereocenters. The zero-order valence-corrected chi connectivity index (χ0v) is 11.6. The Morgan fingerprint density at radius 2 is 2.20 bits per heavy atom. The molecule has 1 fully saturated rings. The van der Waals surface area contributed by atoms with Gasteiger partial charge in [0.1, 0.15) is 5.69 Å². The Morgan fingerprint density at radius 3 is 2.80 bits per heavy atom. The third-order valence-electron chi connectivity index (χ3n) is 3.55. The van der Waals surface area contributed by atoms with Crippen LogP contribution >= 0.6 is 0 Å². The number of anilines is 1. The maximum atomic E-state index is 12.4. The second-order valence-corrected chi connectivity index (χ2v) is 5.20. The van der Waals surface area contributed by atoms with Gasteiger partial charge in [-0.3, -0.25) is 0 Å². The first-order valence-electron chi connectivity index (χ1n) is 6.99. The Balaban J connectivity index is 1.90. The molecule has 112 valence electrons. The summed E-state index contributed by atoms with van der Waals surface area (Å²) in [5, 5.41) is 3.39. The van der Waals surface area contributed by atoms with E-state index in [1.54, 1.807) is 0 Å². The van der Waals surface area contributed by atoms with Crippen LogP contribution in [0.4, 0.5) is 18.9 Å². The third kappa shape index (κ3) is 3.85. The summed E-state index contributed by atoms with van der Waals surface area (Å²) >= 11 is 0. The molecular formula is C14H20F3N3. The maximum absolute atomic E-state index is 12.4. The van der Waals surface area contributed by atoms with Gasteiger partial charge in [0.05, 0.1) is 11.9 Å². The molecule has 0 aromatic carbocycles. The number of hydrogen-bond acceptors (Lipinski definition) is 3. The van der Waals surface area contributed by atoms with Crippen LogP contribution in [0.3, 0.4) is 0 Å². The predicted molar refractivity (Wildman–Crippen MR) is 72.7 cm³/mol. The number of hydrogen-bond donors (Lipinski definition) is 1. The molecule has 6 heteroatoms. The Bertz CT molecular complexity index is 417. The monoisotopic (exact) mass is 287 g/mol. The zero-order valence-electron chi connectivity index (χ0n) is 11.6. The normalized spacial score (nSPS) is 19.6. The van der Waals surface area contributed by atoms with Gasteiger partial charge in [0.2, 0.25) is 0 Å². The first-order valence-corrected chi connectivity index (χ1v) is 6.99. The standard InChI is InChI=1S/C14H20F3N3/c1-2-6-18-8-11-5-7-20(10-11)12-3-4-13(19-9-12)14(15,16)17/h3-4,9,11,18H,2,5-8,10H2,1H3. The van der Waals surface area contributed by atoms with Crippen LogP contribution in [-0.4, -0.2) is 31.2 Å². The summed E-state index contributed by atoms with van der Waals surface area (Å²) in [7, 11) is 0. The number of pyridine rings is 1. The molecule has 0 radical (unpaired) electrons. The van der Waals surface area contributed by atoms with Crippen molar-refractivity contribution in [2.75, 3.05) is 31.1 Å². The van der Waals surface area contributed by atoms with Crippen LogP contribution in [0.2, 0.25) is 0 Å². The molecule has 0 saturated carbocycles. The lowest BCUT2D eigenvalue weighted by atomic mass is 10.1. The molecule has 1 N–H and O–H groups in total. The van der Waals surface area contributed by atoms with E-state index in [9.17, 15) is 13.2 Å². The van der Waals surface area contributed by atoms with E-state index in [1.165, 1.54) is 12.3 Å². The number of rotatable bonds is 5. The van der Waals surface area contributed by atoms with Gasteiger partial charge < -0.3 is 10.2 Å². The molecule has 1 unspecified atom stereocenters. The second-order valence-electron chi connectivity index (χ2n) is 5.20. The van der Waals surface area contributed by atoms with E-state index in [1.807, 2.05) is 0 Å². The van der Waals surface area contributed by atoms with Crippen molar-refractivity contribution in [3.8, 4) is 0 Å². The molecule has 2 heterocycles. The smallest absolute Gasteiger partial charge is 0.370 e. The van der Waals surface area contributed by atoms with Crippen molar-refractivity contribution in [3.05, 3.63) is 24.0 Å². The highest BCUT2D eigenvalue weighted by Crippen LogP contribution is 2.29. The average molecular weight is 287 g/mol. The average Bonchev–Trinajstić information content (AvgIpc) is 2.87. The van der Waals surface area contributed by atoms with E-state index >= 15 is 0 Å². The van der Waals surface area contributed by atoms with Gasteiger partial charge in [0, 0.05) is 13.1 Å². The van der Waals surface area contributed by atoms with E-state index in [0.29, 0.717) is 5.92 Å². The highest BCUT2D eigenvalue weighted by Gasteiger charge is 2.32. The second kappa shape index (κ2) is 6.43. The quantitative estimate of drug-likeness (QED) is 0.844. The Kier molecular flexibility index (Phi) is 4.86. The minimum atomic E-state index is -4.36. The molecule has 1 aromatic heterocycles. The van der Waals surface area contributed by atoms with E-state index in [-0.39, 0.29) is 0 Å². The number of halogens is 3. The minimum absolute atomic E-state index is 0.559. The van der Waals surface area contributed by atoms with Crippen LogP contribution in [0, 0.1) is 5.92 Å². The van der Waals surface area contributed by atoms with Gasteiger partial charge in [-0.05, 0) is 44.0 Å². The molecule has 1 aliphatic heterocycles. The molecule has 1 aliphatic rings. The van der Waals surface area contributed by atoms with Gasteiger partial charge in [-0.15, -0.1) is 0 Å². The van der Waals surface area contributed by atoms with E-state index in [4.69, 9.17) is 0 Å². The first-order chi connectivity index (χ1) is 9.50. The van der Waals surface area contributed by atoms with Crippen LogP contribution in [0.25, 0.3) is 0 Å². The topological polar surface area (TPSA) is 28.2 Å². The fourth-order valence-corrected chi connectivity index (χ4v) is 2.46. The lowest BCUT2D eigenvalue weighted by molar-refractivity contribution is -0.141. The maximum Gasteiger partial charge on any atom is 0.433 e. The highest BCUT2D eigenvalue weighted by molar-refractivity contribution is 5.45. The molecule has 0 spiro atoms. The van der Waals surface area contributed by atoms with Gasteiger partial charge in [-0.2, -0.15) is 13.2 Å². The van der Waals surface area contributed by atoms with Crippen molar-refractivity contribution in [1.82, 2.24) is 10.3 Å². The largest absolute Gasteiger partial charge is 0.433 e. The summed E-state index contributed by atoms with van der Waals surface area (Å²) in [6.07, 6.45) is -0.863. The Labute approximate surface area is 117 Å². The molecular weight excluding hydrogens is 267 g/mol. The highest BCUT2D eigenvalue weighted by atomic mass is 19.4. The number of nitrogens with zero attached hydrogens (tertiary/aromatic N) is 2. The van der Waals surface area contributed by atoms with Crippen LogP contribution in [0.5, 0.6) is 0 Å². The van der Waals surface area contributed by atoms with Gasteiger partial charge in [0.25, 0.3) is 0 Å². The van der Waals surface area contributed by atoms with Crippen LogP contribution in [0.1, 0.15) is 25.5 Å². The summed E-state index contributed by atoms with van der Waals surface area (Å²) in [6.45, 7) is 5.87. The third-order valence-corrected chi connectivity index (χ3v) is 3.55. The predicted octanol–water partition coefficient (Wildman–Crippen LogP) is 2.93. The van der Waals surface area contributed by atoms with E-state index < -0.39 is 11.9 Å². The summed E-state index contributed by atoms with van der Waals surface area (Å²) < 4.78 is 37.3. The number of alkyl halides is 3. The Hall–Kier alpha value is -1.30. The fourth-order valence-electron chi connectivity index (χ4n) is 2.46. The first kappa shape index (κ1) is 15.1. The molecule has 0 aliphatic carbocycles. The van der Waals surface area contributed by atoms with Gasteiger partial charge in [-0.25, -0.2) is 4.98 Å². The van der Waals surface area contributed by atoms with Gasteiger partial charge in [0.15, 0.2) is 0 Å². The molecule has 1 saturated heterocycles. The van der Waals surface area contributed by atoms with Gasteiger partial charge in [-0.1, -0.05) is 6.92 Å². The molecule has 1 aromatic rings. The Morgan fingerprint density at radius 1 is 1.40 bits per heavy atom. The van der Waals surface area contributed by atoms with E-state index in [2.05, 4.69) is 22.1 Å². The zero-order chi connectivity index (χ0) is 14.6. The van der Waals surface area contributed by atoms with Crippen molar-refractivity contribution in [2.45, 2.75) is 25.9 Å². The number of aromatic nitrogens is 1. The number of nitrogens with one attached hydrogen (secondary N) is 1. The van der Waals surface area contributed by atoms with E-state index in [0.717, 1.165) is 50.8 Å². The summed E-state index contributed by atoms with van der Waals surface area (Å²) in [5.74, 6) is 0.559. The van der Waals surface area contributed by atoms with Crippen LogP contribution in [0.15, 0.2) is 18.3 Å². The fraction of sp³-hybridized carbons (Fsp3) is 0.643. The molecule has 3 nitrogen and oxygen atoms in total. The molecule has 20 heavy (non-hydrogen) atoms. The minimum Gasteiger partial charge on any atom is -0.370 e. The summed E-state index contributed by atoms with van der Waals surface area (Å²) in [5.41, 5.74) is -0.0578.